The number of nitrogens with one attached hydrogen (secondary N) is 1. The van der Waals surface area contributed by atoms with E-state index in [1.165, 1.54) is 5.56 Å². The number of nitrogens with zero attached hydrogens (tertiary/aromatic N) is 1. The Kier molecular flexibility index (Phi) is 4.50. The van der Waals surface area contributed by atoms with Gasteiger partial charge in [-0.05, 0) is 36.6 Å². The van der Waals surface area contributed by atoms with Gasteiger partial charge in [0.25, 0.3) is 0 Å². The van der Waals surface area contributed by atoms with Crippen LogP contribution in [-0.2, 0) is 0 Å². The highest BCUT2D eigenvalue weighted by Gasteiger charge is 2.22. The second-order valence-corrected chi connectivity index (χ2v) is 4.83. The van der Waals surface area contributed by atoms with Crippen LogP contribution in [0.1, 0.15) is 23.6 Å². The monoisotopic (exact) mass is 248 g/mol. The van der Waals surface area contributed by atoms with E-state index < -0.39 is 0 Å². The highest BCUT2D eigenvalue weighted by Crippen LogP contribution is 2.28. The minimum absolute atomic E-state index is 0.158. The summed E-state index contributed by atoms with van der Waals surface area (Å²) in [7, 11) is 0. The van der Waals surface area contributed by atoms with Crippen LogP contribution in [0, 0.1) is 12.7 Å². The Balaban J connectivity index is 2.24. The zero-order valence-electron chi connectivity index (χ0n) is 11.0. The molecule has 0 aliphatic carbocycles. The van der Waals surface area contributed by atoms with Crippen LogP contribution in [0.25, 0.3) is 0 Å². The summed E-state index contributed by atoms with van der Waals surface area (Å²) in [5.74, 6) is -0.158. The first-order valence-corrected chi connectivity index (χ1v) is 6.54. The number of halogens is 1. The number of hydrogen-bond acceptors (Lipinski definition) is 2. The van der Waals surface area contributed by atoms with Crippen molar-refractivity contribution in [2.45, 2.75) is 19.4 Å². The van der Waals surface area contributed by atoms with Crippen LogP contribution in [0.15, 0.2) is 30.9 Å². The van der Waals surface area contributed by atoms with E-state index in [2.05, 4.69) is 16.8 Å². The molecular formula is C15H21FN2. The summed E-state index contributed by atoms with van der Waals surface area (Å²) in [5.41, 5.74) is 2.25. The van der Waals surface area contributed by atoms with Gasteiger partial charge >= 0.3 is 0 Å². The quantitative estimate of drug-likeness (QED) is 0.824. The van der Waals surface area contributed by atoms with Crippen molar-refractivity contribution in [2.24, 2.45) is 0 Å². The van der Waals surface area contributed by atoms with Gasteiger partial charge in [0, 0.05) is 32.2 Å². The van der Waals surface area contributed by atoms with Crippen LogP contribution < -0.4 is 5.32 Å². The maximum absolute atomic E-state index is 13.2. The number of aryl methyl sites for hydroxylation is 1. The minimum atomic E-state index is -0.158. The van der Waals surface area contributed by atoms with Crippen molar-refractivity contribution in [3.8, 4) is 0 Å². The minimum Gasteiger partial charge on any atom is -0.314 e. The maximum Gasteiger partial charge on any atom is 0.123 e. The summed E-state index contributed by atoms with van der Waals surface area (Å²) in [4.78, 5) is 2.46. The lowest BCUT2D eigenvalue weighted by atomic mass is 9.96. The smallest absolute Gasteiger partial charge is 0.123 e. The fourth-order valence-electron chi connectivity index (χ4n) is 2.64. The van der Waals surface area contributed by atoms with Gasteiger partial charge in [0.05, 0.1) is 0 Å². The molecule has 1 aliphatic rings. The molecule has 1 aliphatic heterocycles. The van der Waals surface area contributed by atoms with Crippen molar-refractivity contribution >= 4 is 0 Å². The Bertz CT molecular complexity index is 411. The molecule has 1 aromatic rings. The number of piperazine rings is 1. The zero-order valence-corrected chi connectivity index (χ0v) is 11.0. The molecule has 0 aromatic heterocycles. The number of rotatable bonds is 4. The lowest BCUT2D eigenvalue weighted by Gasteiger charge is -2.35. The lowest BCUT2D eigenvalue weighted by molar-refractivity contribution is 0.174. The molecule has 0 spiro atoms. The molecule has 3 heteroatoms. The van der Waals surface area contributed by atoms with E-state index >= 15 is 0 Å². The summed E-state index contributed by atoms with van der Waals surface area (Å²) in [6.07, 6.45) is 2.86. The molecule has 18 heavy (non-hydrogen) atoms. The molecule has 1 N–H and O–H groups in total. The van der Waals surface area contributed by atoms with Crippen LogP contribution >= 0.6 is 0 Å². The van der Waals surface area contributed by atoms with Gasteiger partial charge in [-0.1, -0.05) is 12.1 Å². The van der Waals surface area contributed by atoms with E-state index in [4.69, 9.17) is 0 Å². The summed E-state index contributed by atoms with van der Waals surface area (Å²) in [6.45, 7) is 9.95. The molecule has 1 aromatic carbocycles. The first-order chi connectivity index (χ1) is 8.72. The standard InChI is InChI=1S/C15H21FN2/c1-3-4-15(18-9-7-17-8-10-18)14-6-5-13(16)11-12(14)2/h3,5-6,11,15,17H,1,4,7-10H2,2H3/t15-/m1/s1. The summed E-state index contributed by atoms with van der Waals surface area (Å²) in [5, 5.41) is 3.36. The fraction of sp³-hybridized carbons (Fsp3) is 0.467. The topological polar surface area (TPSA) is 15.3 Å². The van der Waals surface area contributed by atoms with E-state index in [-0.39, 0.29) is 5.82 Å². The van der Waals surface area contributed by atoms with Crippen molar-refractivity contribution < 1.29 is 4.39 Å². The number of benzene rings is 1. The molecule has 0 unspecified atom stereocenters. The first-order valence-electron chi connectivity index (χ1n) is 6.54. The van der Waals surface area contributed by atoms with E-state index in [1.54, 1.807) is 12.1 Å². The van der Waals surface area contributed by atoms with Gasteiger partial charge in [-0.2, -0.15) is 0 Å². The van der Waals surface area contributed by atoms with Gasteiger partial charge in [-0.25, -0.2) is 4.39 Å². The molecule has 0 radical (unpaired) electrons. The third-order valence-electron chi connectivity index (χ3n) is 3.57. The normalized spacial score (nSPS) is 18.6. The van der Waals surface area contributed by atoms with Gasteiger partial charge < -0.3 is 5.32 Å². The highest BCUT2D eigenvalue weighted by molar-refractivity contribution is 5.30. The highest BCUT2D eigenvalue weighted by atomic mass is 19.1. The average Bonchev–Trinajstić information content (AvgIpc) is 2.38. The van der Waals surface area contributed by atoms with Crippen LogP contribution in [0.3, 0.4) is 0 Å². The summed E-state index contributed by atoms with van der Waals surface area (Å²) in [6, 6.07) is 5.42. The van der Waals surface area contributed by atoms with Gasteiger partial charge in [-0.15, -0.1) is 6.58 Å². The predicted octanol–water partition coefficient (Wildman–Crippen LogP) is 2.66. The third-order valence-corrected chi connectivity index (χ3v) is 3.57. The fourth-order valence-corrected chi connectivity index (χ4v) is 2.64. The second-order valence-electron chi connectivity index (χ2n) is 4.83. The van der Waals surface area contributed by atoms with Crippen molar-refractivity contribution in [2.75, 3.05) is 26.2 Å². The molecule has 2 nitrogen and oxygen atoms in total. The Morgan fingerprint density at radius 3 is 2.78 bits per heavy atom. The van der Waals surface area contributed by atoms with Crippen LogP contribution in [0.4, 0.5) is 4.39 Å². The van der Waals surface area contributed by atoms with Crippen molar-refractivity contribution in [3.63, 3.8) is 0 Å². The van der Waals surface area contributed by atoms with E-state index in [0.717, 1.165) is 38.2 Å². The van der Waals surface area contributed by atoms with Crippen LogP contribution in [0.2, 0.25) is 0 Å². The maximum atomic E-state index is 13.2. The SMILES string of the molecule is C=CC[C@H](c1ccc(F)cc1C)N1CCNCC1. The van der Waals surface area contributed by atoms with Gasteiger partial charge in [-0.3, -0.25) is 4.90 Å². The first kappa shape index (κ1) is 13.2. The average molecular weight is 248 g/mol. The molecule has 1 saturated heterocycles. The molecule has 1 fully saturated rings. The largest absolute Gasteiger partial charge is 0.314 e. The second kappa shape index (κ2) is 6.12. The molecule has 1 atom stereocenters. The van der Waals surface area contributed by atoms with E-state index in [1.807, 2.05) is 19.1 Å². The Labute approximate surface area is 108 Å². The zero-order chi connectivity index (χ0) is 13.0. The molecule has 0 amide bonds. The Morgan fingerprint density at radius 1 is 1.44 bits per heavy atom. The lowest BCUT2D eigenvalue weighted by Crippen LogP contribution is -2.45. The molecule has 1 heterocycles. The predicted molar refractivity (Wildman–Crippen MR) is 73.1 cm³/mol. The van der Waals surface area contributed by atoms with E-state index in [9.17, 15) is 4.39 Å². The molecular weight excluding hydrogens is 227 g/mol. The van der Waals surface area contributed by atoms with Crippen molar-refractivity contribution in [1.82, 2.24) is 10.2 Å². The van der Waals surface area contributed by atoms with Crippen LogP contribution in [-0.4, -0.2) is 31.1 Å². The number of hydrogen-bond donors (Lipinski definition) is 1. The van der Waals surface area contributed by atoms with Crippen molar-refractivity contribution in [1.29, 1.82) is 0 Å². The summed E-state index contributed by atoms with van der Waals surface area (Å²) < 4.78 is 13.2. The molecule has 98 valence electrons. The molecule has 0 bridgehead atoms. The Hall–Kier alpha value is -1.19. The van der Waals surface area contributed by atoms with Crippen molar-refractivity contribution in [3.05, 3.63) is 47.8 Å². The van der Waals surface area contributed by atoms with Gasteiger partial charge in [0.15, 0.2) is 0 Å². The van der Waals surface area contributed by atoms with Gasteiger partial charge in [0.2, 0.25) is 0 Å². The van der Waals surface area contributed by atoms with Gasteiger partial charge in [0.1, 0.15) is 5.82 Å². The Morgan fingerprint density at radius 2 is 2.17 bits per heavy atom. The van der Waals surface area contributed by atoms with E-state index in [0.29, 0.717) is 6.04 Å². The van der Waals surface area contributed by atoms with Crippen LogP contribution in [0.5, 0.6) is 0 Å². The molecule has 0 saturated carbocycles. The molecule has 2 rings (SSSR count). The third kappa shape index (κ3) is 2.98. The summed E-state index contributed by atoms with van der Waals surface area (Å²) >= 11 is 0.